The van der Waals surface area contributed by atoms with E-state index in [4.69, 9.17) is 0 Å². The molecule has 0 saturated carbocycles. The van der Waals surface area contributed by atoms with Crippen LogP contribution in [0.3, 0.4) is 0 Å². The van der Waals surface area contributed by atoms with Gasteiger partial charge in [0, 0.05) is 17.6 Å². The third kappa shape index (κ3) is 5.71. The Labute approximate surface area is 139 Å². The molecule has 1 aromatic heterocycles. The summed E-state index contributed by atoms with van der Waals surface area (Å²) < 4.78 is 0. The van der Waals surface area contributed by atoms with E-state index in [2.05, 4.69) is 20.9 Å². The van der Waals surface area contributed by atoms with Gasteiger partial charge in [-0.05, 0) is 19.4 Å². The highest BCUT2D eigenvalue weighted by atomic mass is 32.1. The SMILES string of the molecule is Cc1csc(C(C)NC(=O)NCC(=O)NCc2ccccc2)n1. The van der Waals surface area contributed by atoms with E-state index in [1.807, 2.05) is 49.6 Å². The quantitative estimate of drug-likeness (QED) is 0.758. The Morgan fingerprint density at radius 3 is 2.61 bits per heavy atom. The average Bonchev–Trinajstić information content (AvgIpc) is 2.98. The maximum atomic E-state index is 11.8. The molecule has 2 rings (SSSR count). The standard InChI is InChI=1S/C16H20N4O2S/c1-11-10-23-15(19-11)12(2)20-16(22)18-9-14(21)17-8-13-6-4-3-5-7-13/h3-7,10,12H,8-9H2,1-2H3,(H,17,21)(H2,18,20,22). The van der Waals surface area contributed by atoms with Crippen molar-refractivity contribution in [3.63, 3.8) is 0 Å². The summed E-state index contributed by atoms with van der Waals surface area (Å²) >= 11 is 1.50. The zero-order valence-electron chi connectivity index (χ0n) is 13.1. The van der Waals surface area contributed by atoms with Crippen LogP contribution in [0.1, 0.15) is 29.2 Å². The number of nitrogens with zero attached hydrogens (tertiary/aromatic N) is 1. The molecule has 1 heterocycles. The molecule has 0 bridgehead atoms. The van der Waals surface area contributed by atoms with Crippen LogP contribution in [0.4, 0.5) is 4.79 Å². The third-order valence-corrected chi connectivity index (χ3v) is 4.24. The van der Waals surface area contributed by atoms with Crippen LogP contribution in [0.2, 0.25) is 0 Å². The molecule has 7 heteroatoms. The van der Waals surface area contributed by atoms with Crippen molar-refractivity contribution >= 4 is 23.3 Å². The summed E-state index contributed by atoms with van der Waals surface area (Å²) in [6.45, 7) is 4.14. The molecular formula is C16H20N4O2S. The van der Waals surface area contributed by atoms with E-state index >= 15 is 0 Å². The van der Waals surface area contributed by atoms with Gasteiger partial charge < -0.3 is 16.0 Å². The van der Waals surface area contributed by atoms with E-state index in [9.17, 15) is 9.59 Å². The van der Waals surface area contributed by atoms with Gasteiger partial charge in [0.1, 0.15) is 5.01 Å². The summed E-state index contributed by atoms with van der Waals surface area (Å²) in [5.41, 5.74) is 1.94. The molecule has 122 valence electrons. The molecule has 0 aliphatic rings. The van der Waals surface area contributed by atoms with E-state index < -0.39 is 0 Å². The zero-order chi connectivity index (χ0) is 16.7. The minimum absolute atomic E-state index is 0.0672. The second-order valence-corrected chi connectivity index (χ2v) is 6.03. The van der Waals surface area contributed by atoms with Crippen LogP contribution in [-0.4, -0.2) is 23.5 Å². The highest BCUT2D eigenvalue weighted by molar-refractivity contribution is 7.09. The van der Waals surface area contributed by atoms with E-state index in [-0.39, 0.29) is 24.5 Å². The molecule has 6 nitrogen and oxygen atoms in total. The highest BCUT2D eigenvalue weighted by Crippen LogP contribution is 2.16. The maximum Gasteiger partial charge on any atom is 0.315 e. The van der Waals surface area contributed by atoms with Crippen molar-refractivity contribution in [3.8, 4) is 0 Å². The monoisotopic (exact) mass is 332 g/mol. The van der Waals surface area contributed by atoms with Gasteiger partial charge >= 0.3 is 6.03 Å². The Balaban J connectivity index is 1.68. The van der Waals surface area contributed by atoms with E-state index in [0.29, 0.717) is 6.54 Å². The van der Waals surface area contributed by atoms with Gasteiger partial charge in [-0.1, -0.05) is 30.3 Å². The molecule has 1 unspecified atom stereocenters. The van der Waals surface area contributed by atoms with Crippen molar-refractivity contribution in [2.75, 3.05) is 6.54 Å². The van der Waals surface area contributed by atoms with Crippen molar-refractivity contribution in [3.05, 3.63) is 52.0 Å². The van der Waals surface area contributed by atoms with Crippen LogP contribution < -0.4 is 16.0 Å². The lowest BCUT2D eigenvalue weighted by Gasteiger charge is -2.12. The highest BCUT2D eigenvalue weighted by Gasteiger charge is 2.13. The summed E-state index contributed by atoms with van der Waals surface area (Å²) in [4.78, 5) is 27.8. The molecule has 0 saturated heterocycles. The van der Waals surface area contributed by atoms with Gasteiger partial charge in [-0.3, -0.25) is 4.79 Å². The lowest BCUT2D eigenvalue weighted by atomic mass is 10.2. The number of carbonyl (C=O) groups is 2. The second-order valence-electron chi connectivity index (χ2n) is 5.14. The number of thiazole rings is 1. The molecule has 0 fully saturated rings. The number of rotatable bonds is 6. The molecule has 3 N–H and O–H groups in total. The van der Waals surface area contributed by atoms with Gasteiger partial charge in [0.15, 0.2) is 0 Å². The van der Waals surface area contributed by atoms with E-state index in [0.717, 1.165) is 16.3 Å². The van der Waals surface area contributed by atoms with Crippen LogP contribution in [-0.2, 0) is 11.3 Å². The van der Waals surface area contributed by atoms with Gasteiger partial charge in [-0.15, -0.1) is 11.3 Å². The fraction of sp³-hybridized carbons (Fsp3) is 0.312. The Morgan fingerprint density at radius 2 is 1.96 bits per heavy atom. The number of urea groups is 1. The van der Waals surface area contributed by atoms with Gasteiger partial charge in [-0.25, -0.2) is 9.78 Å². The fourth-order valence-corrected chi connectivity index (χ4v) is 2.70. The minimum atomic E-state index is -0.389. The Kier molecular flexibility index (Phi) is 6.10. The van der Waals surface area contributed by atoms with Crippen molar-refractivity contribution in [2.45, 2.75) is 26.4 Å². The molecular weight excluding hydrogens is 312 g/mol. The second kappa shape index (κ2) is 8.28. The Hall–Kier alpha value is -2.41. The summed E-state index contributed by atoms with van der Waals surface area (Å²) in [6, 6.07) is 9.02. The smallest absolute Gasteiger partial charge is 0.315 e. The Morgan fingerprint density at radius 1 is 1.22 bits per heavy atom. The largest absolute Gasteiger partial charge is 0.350 e. The minimum Gasteiger partial charge on any atom is -0.350 e. The first-order chi connectivity index (χ1) is 11.0. The number of aryl methyl sites for hydroxylation is 1. The molecule has 0 aliphatic carbocycles. The summed E-state index contributed by atoms with van der Waals surface area (Å²) in [7, 11) is 0. The molecule has 0 aliphatic heterocycles. The molecule has 1 atom stereocenters. The summed E-state index contributed by atoms with van der Waals surface area (Å²) in [5, 5.41) is 10.8. The lowest BCUT2D eigenvalue weighted by Crippen LogP contribution is -2.42. The zero-order valence-corrected chi connectivity index (χ0v) is 13.9. The fourth-order valence-electron chi connectivity index (χ4n) is 1.90. The molecule has 23 heavy (non-hydrogen) atoms. The molecule has 1 aromatic carbocycles. The van der Waals surface area contributed by atoms with Crippen LogP contribution in [0.15, 0.2) is 35.7 Å². The van der Waals surface area contributed by atoms with Gasteiger partial charge in [0.05, 0.1) is 12.6 Å². The van der Waals surface area contributed by atoms with E-state index in [1.165, 1.54) is 11.3 Å². The van der Waals surface area contributed by atoms with Crippen LogP contribution >= 0.6 is 11.3 Å². The summed E-state index contributed by atoms with van der Waals surface area (Å²) in [6.07, 6.45) is 0. The number of nitrogens with one attached hydrogen (secondary N) is 3. The Bertz CT molecular complexity index is 657. The van der Waals surface area contributed by atoms with Crippen molar-refractivity contribution in [1.82, 2.24) is 20.9 Å². The number of carbonyl (C=O) groups excluding carboxylic acids is 2. The predicted molar refractivity (Wildman–Crippen MR) is 90.1 cm³/mol. The van der Waals surface area contributed by atoms with Crippen LogP contribution in [0.5, 0.6) is 0 Å². The van der Waals surface area contributed by atoms with Crippen molar-refractivity contribution in [1.29, 1.82) is 0 Å². The average molecular weight is 332 g/mol. The molecule has 0 radical (unpaired) electrons. The number of aromatic nitrogens is 1. The number of hydrogen-bond donors (Lipinski definition) is 3. The first kappa shape index (κ1) is 17.0. The summed E-state index contributed by atoms with van der Waals surface area (Å²) in [5.74, 6) is -0.234. The maximum absolute atomic E-state index is 11.8. The van der Waals surface area contributed by atoms with E-state index in [1.54, 1.807) is 0 Å². The normalized spacial score (nSPS) is 11.6. The van der Waals surface area contributed by atoms with Gasteiger partial charge in [0.25, 0.3) is 0 Å². The topological polar surface area (TPSA) is 83.1 Å². The lowest BCUT2D eigenvalue weighted by molar-refractivity contribution is -0.120. The molecule has 3 amide bonds. The van der Waals surface area contributed by atoms with Crippen molar-refractivity contribution < 1.29 is 9.59 Å². The first-order valence-electron chi connectivity index (χ1n) is 7.31. The predicted octanol–water partition coefficient (Wildman–Crippen LogP) is 2.13. The number of amides is 3. The molecule has 0 spiro atoms. The first-order valence-corrected chi connectivity index (χ1v) is 8.19. The number of hydrogen-bond acceptors (Lipinski definition) is 4. The van der Waals surface area contributed by atoms with Crippen LogP contribution in [0.25, 0.3) is 0 Å². The molecule has 2 aromatic rings. The number of benzene rings is 1. The third-order valence-electron chi connectivity index (χ3n) is 3.10. The van der Waals surface area contributed by atoms with Gasteiger partial charge in [0.2, 0.25) is 5.91 Å². The van der Waals surface area contributed by atoms with Crippen molar-refractivity contribution in [2.24, 2.45) is 0 Å². The van der Waals surface area contributed by atoms with Gasteiger partial charge in [-0.2, -0.15) is 0 Å². The van der Waals surface area contributed by atoms with Crippen LogP contribution in [0, 0.1) is 6.92 Å².